The van der Waals surface area contributed by atoms with E-state index in [1.54, 1.807) is 0 Å². The van der Waals surface area contributed by atoms with Crippen LogP contribution in [0.5, 0.6) is 5.75 Å². The van der Waals surface area contributed by atoms with Crippen LogP contribution in [0.1, 0.15) is 17.5 Å². The van der Waals surface area contributed by atoms with E-state index < -0.39 is 0 Å². The minimum Gasteiger partial charge on any atom is -0.506 e. The Labute approximate surface area is 121 Å². The van der Waals surface area contributed by atoms with Gasteiger partial charge in [-0.1, -0.05) is 30.3 Å². The molecule has 2 nitrogen and oxygen atoms in total. The molecular formula is C16H16BrNO. The van der Waals surface area contributed by atoms with Crippen molar-refractivity contribution in [2.24, 2.45) is 0 Å². The molecule has 1 aliphatic rings. The van der Waals surface area contributed by atoms with Crippen molar-refractivity contribution in [1.82, 2.24) is 0 Å². The molecule has 0 bridgehead atoms. The van der Waals surface area contributed by atoms with Gasteiger partial charge in [0.05, 0.1) is 4.47 Å². The molecule has 0 fully saturated rings. The molecule has 0 aliphatic carbocycles. The lowest BCUT2D eigenvalue weighted by Gasteiger charge is -2.31. The number of rotatable bonds is 2. The standard InChI is InChI=1S/C16H16BrNO/c17-14-8-3-6-13(16(14)19)11-18-10-4-7-12-5-1-2-9-15(12)18/h1-3,5-6,8-9,19H,4,7,10-11H2. The van der Waals surface area contributed by atoms with Crippen LogP contribution in [0.25, 0.3) is 0 Å². The van der Waals surface area contributed by atoms with Gasteiger partial charge in [-0.05, 0) is 46.5 Å². The number of aromatic hydroxyl groups is 1. The number of fused-ring (bicyclic) bond motifs is 1. The summed E-state index contributed by atoms with van der Waals surface area (Å²) in [5, 5.41) is 10.1. The summed E-state index contributed by atoms with van der Waals surface area (Å²) in [5.41, 5.74) is 3.67. The van der Waals surface area contributed by atoms with Crippen LogP contribution in [0, 0.1) is 0 Å². The molecule has 1 N–H and O–H groups in total. The van der Waals surface area contributed by atoms with Crippen LogP contribution in [-0.2, 0) is 13.0 Å². The van der Waals surface area contributed by atoms with Gasteiger partial charge in [0.15, 0.2) is 0 Å². The largest absolute Gasteiger partial charge is 0.506 e. The van der Waals surface area contributed by atoms with E-state index in [1.165, 1.54) is 17.7 Å². The molecule has 0 atom stereocenters. The molecule has 3 rings (SSSR count). The van der Waals surface area contributed by atoms with Crippen LogP contribution in [0.15, 0.2) is 46.9 Å². The first kappa shape index (κ1) is 12.5. The smallest absolute Gasteiger partial charge is 0.134 e. The number of hydrogen-bond donors (Lipinski definition) is 1. The molecule has 0 radical (unpaired) electrons. The monoisotopic (exact) mass is 317 g/mol. The Kier molecular flexibility index (Phi) is 3.47. The van der Waals surface area contributed by atoms with Gasteiger partial charge in [-0.15, -0.1) is 0 Å². The maximum absolute atomic E-state index is 10.1. The lowest BCUT2D eigenvalue weighted by atomic mass is 10.0. The van der Waals surface area contributed by atoms with Gasteiger partial charge in [0.1, 0.15) is 5.75 Å². The summed E-state index contributed by atoms with van der Waals surface area (Å²) in [5.74, 6) is 0.352. The van der Waals surface area contributed by atoms with Crippen LogP contribution >= 0.6 is 15.9 Å². The van der Waals surface area contributed by atoms with Gasteiger partial charge in [-0.2, -0.15) is 0 Å². The Morgan fingerprint density at radius 2 is 1.95 bits per heavy atom. The molecule has 0 saturated carbocycles. The molecule has 0 spiro atoms. The second-order valence-electron chi connectivity index (χ2n) is 4.90. The van der Waals surface area contributed by atoms with Crippen molar-refractivity contribution in [1.29, 1.82) is 0 Å². The zero-order valence-electron chi connectivity index (χ0n) is 10.6. The van der Waals surface area contributed by atoms with E-state index >= 15 is 0 Å². The van der Waals surface area contributed by atoms with Crippen molar-refractivity contribution in [3.05, 3.63) is 58.1 Å². The van der Waals surface area contributed by atoms with Gasteiger partial charge < -0.3 is 10.0 Å². The first-order chi connectivity index (χ1) is 9.25. The van der Waals surface area contributed by atoms with E-state index in [4.69, 9.17) is 0 Å². The van der Waals surface area contributed by atoms with E-state index in [1.807, 2.05) is 18.2 Å². The summed E-state index contributed by atoms with van der Waals surface area (Å²) in [6, 6.07) is 14.4. The summed E-state index contributed by atoms with van der Waals surface area (Å²) in [4.78, 5) is 2.35. The third kappa shape index (κ3) is 2.47. The third-order valence-corrected chi connectivity index (χ3v) is 4.28. The Hall–Kier alpha value is -1.48. The van der Waals surface area contributed by atoms with Crippen molar-refractivity contribution in [3.63, 3.8) is 0 Å². The maximum Gasteiger partial charge on any atom is 0.134 e. The third-order valence-electron chi connectivity index (χ3n) is 3.64. The van der Waals surface area contributed by atoms with E-state index in [9.17, 15) is 5.11 Å². The first-order valence-corrected chi connectivity index (χ1v) is 7.34. The number of nitrogens with zero attached hydrogens (tertiary/aromatic N) is 1. The number of aryl methyl sites for hydroxylation is 1. The predicted molar refractivity (Wildman–Crippen MR) is 81.6 cm³/mol. The van der Waals surface area contributed by atoms with Crippen molar-refractivity contribution in [2.75, 3.05) is 11.4 Å². The molecule has 1 heterocycles. The van der Waals surface area contributed by atoms with Crippen LogP contribution in [0.2, 0.25) is 0 Å². The van der Waals surface area contributed by atoms with Gasteiger partial charge in [0, 0.05) is 24.3 Å². The van der Waals surface area contributed by atoms with Crippen LogP contribution in [0.3, 0.4) is 0 Å². The molecule has 0 amide bonds. The van der Waals surface area contributed by atoms with Gasteiger partial charge in [-0.25, -0.2) is 0 Å². The molecule has 3 heteroatoms. The molecule has 1 aliphatic heterocycles. The van der Waals surface area contributed by atoms with Crippen LogP contribution < -0.4 is 4.90 Å². The summed E-state index contributed by atoms with van der Waals surface area (Å²) < 4.78 is 0.760. The van der Waals surface area contributed by atoms with Crippen LogP contribution in [0.4, 0.5) is 5.69 Å². The van der Waals surface area contributed by atoms with E-state index in [-0.39, 0.29) is 0 Å². The average Bonchev–Trinajstić information content (AvgIpc) is 2.44. The Morgan fingerprint density at radius 3 is 2.84 bits per heavy atom. The quantitative estimate of drug-likeness (QED) is 0.901. The minimum absolute atomic E-state index is 0.352. The molecule has 2 aromatic carbocycles. The van der Waals surface area contributed by atoms with Crippen molar-refractivity contribution in [3.8, 4) is 5.75 Å². The van der Waals surface area contributed by atoms with Gasteiger partial charge in [0.2, 0.25) is 0 Å². The minimum atomic E-state index is 0.352. The molecule has 0 aromatic heterocycles. The van der Waals surface area contributed by atoms with Crippen molar-refractivity contribution in [2.45, 2.75) is 19.4 Å². The second kappa shape index (κ2) is 5.25. The summed E-state index contributed by atoms with van der Waals surface area (Å²) in [7, 11) is 0. The Bertz CT molecular complexity index is 597. The van der Waals surface area contributed by atoms with Gasteiger partial charge >= 0.3 is 0 Å². The second-order valence-corrected chi connectivity index (χ2v) is 5.76. The molecule has 19 heavy (non-hydrogen) atoms. The topological polar surface area (TPSA) is 23.5 Å². The number of phenols is 1. The van der Waals surface area contributed by atoms with Gasteiger partial charge in [0.25, 0.3) is 0 Å². The molecule has 0 unspecified atom stereocenters. The first-order valence-electron chi connectivity index (χ1n) is 6.55. The summed E-state index contributed by atoms with van der Waals surface area (Å²) >= 11 is 3.37. The zero-order chi connectivity index (χ0) is 13.2. The summed E-state index contributed by atoms with van der Waals surface area (Å²) in [6.07, 6.45) is 2.32. The number of hydrogen-bond acceptors (Lipinski definition) is 2. The fourth-order valence-electron chi connectivity index (χ4n) is 2.67. The highest BCUT2D eigenvalue weighted by Crippen LogP contribution is 2.32. The van der Waals surface area contributed by atoms with E-state index in [0.29, 0.717) is 5.75 Å². The molecule has 98 valence electrons. The summed E-state index contributed by atoms with van der Waals surface area (Å²) in [6.45, 7) is 1.80. The number of phenolic OH excluding ortho intramolecular Hbond substituents is 1. The lowest BCUT2D eigenvalue weighted by molar-refractivity contribution is 0.463. The lowest BCUT2D eigenvalue weighted by Crippen LogP contribution is -2.28. The van der Waals surface area contributed by atoms with E-state index in [0.717, 1.165) is 29.5 Å². The fraction of sp³-hybridized carbons (Fsp3) is 0.250. The predicted octanol–water partition coefficient (Wildman–Crippen LogP) is 4.11. The maximum atomic E-state index is 10.1. The number of para-hydroxylation sites is 2. The normalized spacial score (nSPS) is 14.3. The average molecular weight is 318 g/mol. The Balaban J connectivity index is 1.91. The van der Waals surface area contributed by atoms with E-state index in [2.05, 4.69) is 45.1 Å². The highest BCUT2D eigenvalue weighted by atomic mass is 79.9. The van der Waals surface area contributed by atoms with Crippen LogP contribution in [-0.4, -0.2) is 11.7 Å². The molecule has 2 aromatic rings. The molecular weight excluding hydrogens is 302 g/mol. The number of anilines is 1. The fourth-order valence-corrected chi connectivity index (χ4v) is 3.08. The Morgan fingerprint density at radius 1 is 1.11 bits per heavy atom. The SMILES string of the molecule is Oc1c(Br)cccc1CN1CCCc2ccccc21. The highest BCUT2D eigenvalue weighted by Gasteiger charge is 2.17. The van der Waals surface area contributed by atoms with Gasteiger partial charge in [-0.3, -0.25) is 0 Å². The molecule has 0 saturated heterocycles. The highest BCUT2D eigenvalue weighted by molar-refractivity contribution is 9.10. The van der Waals surface area contributed by atoms with Crippen molar-refractivity contribution < 1.29 is 5.11 Å². The number of halogens is 1. The zero-order valence-corrected chi connectivity index (χ0v) is 12.2. The van der Waals surface area contributed by atoms with Crippen molar-refractivity contribution >= 4 is 21.6 Å². The number of benzene rings is 2.